The number of nitrogens with zero attached hydrogens (tertiary/aromatic N) is 2. The number of hydrogen-bond acceptors (Lipinski definition) is 1. The molecule has 0 saturated carbocycles. The van der Waals surface area contributed by atoms with Crippen LogP contribution in [0.1, 0.15) is 40.5 Å². The van der Waals surface area contributed by atoms with Crippen molar-refractivity contribution < 1.29 is 0 Å². The average molecular weight is 206 g/mol. The normalized spacial score (nSPS) is 12.9. The molecule has 1 heterocycles. The van der Waals surface area contributed by atoms with E-state index in [-0.39, 0.29) is 0 Å². The molecule has 0 spiro atoms. The fourth-order valence-electron chi connectivity index (χ4n) is 1.22. The molecule has 0 bridgehead atoms. The highest BCUT2D eigenvalue weighted by Crippen LogP contribution is 2.15. The molecular weight excluding hydrogens is 184 g/mol. The van der Waals surface area contributed by atoms with Crippen LogP contribution in [-0.4, -0.2) is 9.78 Å². The Hall–Kier alpha value is -1.31. The van der Waals surface area contributed by atoms with Crippen LogP contribution in [0, 0.1) is 0 Å². The topological polar surface area (TPSA) is 17.8 Å². The second kappa shape index (κ2) is 9.25. The third-order valence-electron chi connectivity index (χ3n) is 1.79. The molecule has 0 N–H and O–H groups in total. The quantitative estimate of drug-likeness (QED) is 0.675. The Kier molecular flexibility index (Phi) is 8.44. The second-order valence-electron chi connectivity index (χ2n) is 2.58. The summed E-state index contributed by atoms with van der Waals surface area (Å²) in [6.07, 6.45) is 12.4. The van der Waals surface area contributed by atoms with Crippen molar-refractivity contribution in [2.45, 2.75) is 40.5 Å². The molecule has 1 aliphatic carbocycles. The minimum atomic E-state index is 1.10. The van der Waals surface area contributed by atoms with Gasteiger partial charge < -0.3 is 0 Å². The lowest BCUT2D eigenvalue weighted by atomic mass is 10.1. The van der Waals surface area contributed by atoms with E-state index in [4.69, 9.17) is 0 Å². The maximum atomic E-state index is 4.15. The van der Waals surface area contributed by atoms with Gasteiger partial charge in [0.05, 0.1) is 0 Å². The molecule has 1 aliphatic rings. The van der Waals surface area contributed by atoms with Crippen molar-refractivity contribution in [3.05, 3.63) is 36.7 Å². The Morgan fingerprint density at radius 2 is 1.93 bits per heavy atom. The summed E-state index contributed by atoms with van der Waals surface area (Å²) in [5, 5.41) is 4.15. The summed E-state index contributed by atoms with van der Waals surface area (Å²) in [6, 6.07) is 1.94. The SMILES string of the molecule is C1=CCCC(n2cccn2)=C1.CC.CC. The molecule has 0 saturated heterocycles. The standard InChI is InChI=1S/C9H10N2.2C2H6/c1-2-5-9(6-3-1)11-8-4-7-10-11;2*1-2/h1-2,4-5,7-8H,3,6H2;2*1-2H3. The molecule has 2 rings (SSSR count). The van der Waals surface area contributed by atoms with E-state index in [9.17, 15) is 0 Å². The van der Waals surface area contributed by atoms with Gasteiger partial charge in [0, 0.05) is 18.1 Å². The van der Waals surface area contributed by atoms with E-state index in [2.05, 4.69) is 23.3 Å². The molecule has 2 heteroatoms. The zero-order chi connectivity index (χ0) is 11.5. The molecule has 1 aromatic heterocycles. The lowest BCUT2D eigenvalue weighted by Crippen LogP contribution is -1.98. The summed E-state index contributed by atoms with van der Waals surface area (Å²) in [5.74, 6) is 0. The van der Waals surface area contributed by atoms with E-state index in [1.807, 2.05) is 44.6 Å². The Labute approximate surface area is 93.3 Å². The number of allylic oxidation sites excluding steroid dienone is 4. The monoisotopic (exact) mass is 206 g/mol. The van der Waals surface area contributed by atoms with Crippen LogP contribution in [0.15, 0.2) is 36.7 Å². The molecule has 0 atom stereocenters. The van der Waals surface area contributed by atoms with Gasteiger partial charge in [0.2, 0.25) is 0 Å². The van der Waals surface area contributed by atoms with E-state index in [0.29, 0.717) is 0 Å². The van der Waals surface area contributed by atoms with Crippen molar-refractivity contribution in [3.63, 3.8) is 0 Å². The lowest BCUT2D eigenvalue weighted by Gasteiger charge is -2.07. The Bertz CT molecular complexity index is 281. The van der Waals surface area contributed by atoms with Gasteiger partial charge >= 0.3 is 0 Å². The molecule has 84 valence electrons. The van der Waals surface area contributed by atoms with Crippen molar-refractivity contribution in [1.29, 1.82) is 0 Å². The van der Waals surface area contributed by atoms with Crippen molar-refractivity contribution in [1.82, 2.24) is 9.78 Å². The number of rotatable bonds is 1. The molecule has 0 aromatic carbocycles. The highest BCUT2D eigenvalue weighted by atomic mass is 15.3. The fraction of sp³-hybridized carbons (Fsp3) is 0.462. The van der Waals surface area contributed by atoms with Crippen LogP contribution in [0.3, 0.4) is 0 Å². The van der Waals surface area contributed by atoms with E-state index < -0.39 is 0 Å². The number of aromatic nitrogens is 2. The summed E-state index contributed by atoms with van der Waals surface area (Å²) in [4.78, 5) is 0. The first-order valence-electron chi connectivity index (χ1n) is 5.82. The summed E-state index contributed by atoms with van der Waals surface area (Å²) >= 11 is 0. The minimum Gasteiger partial charge on any atom is -0.245 e. The zero-order valence-corrected chi connectivity index (χ0v) is 10.3. The van der Waals surface area contributed by atoms with Gasteiger partial charge in [0.1, 0.15) is 0 Å². The predicted molar refractivity (Wildman–Crippen MR) is 67.6 cm³/mol. The van der Waals surface area contributed by atoms with Crippen LogP contribution in [0.4, 0.5) is 0 Å². The smallest absolute Gasteiger partial charge is 0.0493 e. The maximum absolute atomic E-state index is 4.15. The van der Waals surface area contributed by atoms with E-state index in [1.165, 1.54) is 5.70 Å². The van der Waals surface area contributed by atoms with E-state index in [0.717, 1.165) is 12.8 Å². The Morgan fingerprint density at radius 3 is 2.40 bits per heavy atom. The Balaban J connectivity index is 0.000000442. The van der Waals surface area contributed by atoms with Crippen LogP contribution < -0.4 is 0 Å². The van der Waals surface area contributed by atoms with Crippen molar-refractivity contribution in [2.75, 3.05) is 0 Å². The van der Waals surface area contributed by atoms with E-state index in [1.54, 1.807) is 6.20 Å². The van der Waals surface area contributed by atoms with Crippen molar-refractivity contribution >= 4 is 5.70 Å². The van der Waals surface area contributed by atoms with Gasteiger partial charge in [-0.25, -0.2) is 4.68 Å². The summed E-state index contributed by atoms with van der Waals surface area (Å²) in [5.41, 5.74) is 1.28. The van der Waals surface area contributed by atoms with Gasteiger partial charge in [-0.2, -0.15) is 5.10 Å². The summed E-state index contributed by atoms with van der Waals surface area (Å²) in [7, 11) is 0. The molecule has 2 nitrogen and oxygen atoms in total. The highest BCUT2D eigenvalue weighted by molar-refractivity contribution is 5.48. The molecular formula is C13H22N2. The first-order chi connectivity index (χ1) is 7.47. The first kappa shape index (κ1) is 13.7. The first-order valence-corrected chi connectivity index (χ1v) is 5.82. The van der Waals surface area contributed by atoms with Gasteiger partial charge in [-0.05, 0) is 25.0 Å². The average Bonchev–Trinajstić information content (AvgIpc) is 2.89. The van der Waals surface area contributed by atoms with Crippen LogP contribution in [-0.2, 0) is 0 Å². The van der Waals surface area contributed by atoms with Gasteiger partial charge in [-0.3, -0.25) is 0 Å². The van der Waals surface area contributed by atoms with E-state index >= 15 is 0 Å². The lowest BCUT2D eigenvalue weighted by molar-refractivity contribution is 0.838. The molecule has 1 aromatic rings. The third kappa shape index (κ3) is 4.63. The Morgan fingerprint density at radius 1 is 1.20 bits per heavy atom. The van der Waals surface area contributed by atoms with Crippen LogP contribution >= 0.6 is 0 Å². The van der Waals surface area contributed by atoms with Gasteiger partial charge in [0.25, 0.3) is 0 Å². The maximum Gasteiger partial charge on any atom is 0.0493 e. The molecule has 0 fully saturated rings. The molecule has 0 radical (unpaired) electrons. The van der Waals surface area contributed by atoms with Gasteiger partial charge in [0.15, 0.2) is 0 Å². The minimum absolute atomic E-state index is 1.10. The highest BCUT2D eigenvalue weighted by Gasteiger charge is 2.00. The third-order valence-corrected chi connectivity index (χ3v) is 1.79. The molecule has 0 aliphatic heterocycles. The van der Waals surface area contributed by atoms with Gasteiger partial charge in [-0.15, -0.1) is 0 Å². The molecule has 0 amide bonds. The van der Waals surface area contributed by atoms with Crippen LogP contribution in [0.2, 0.25) is 0 Å². The molecule has 15 heavy (non-hydrogen) atoms. The van der Waals surface area contributed by atoms with Crippen LogP contribution in [0.25, 0.3) is 5.70 Å². The van der Waals surface area contributed by atoms with Crippen molar-refractivity contribution in [2.24, 2.45) is 0 Å². The predicted octanol–water partition coefficient (Wildman–Crippen LogP) is 4.13. The number of hydrogen-bond donors (Lipinski definition) is 0. The van der Waals surface area contributed by atoms with Gasteiger partial charge in [-0.1, -0.05) is 39.8 Å². The summed E-state index contributed by atoms with van der Waals surface area (Å²) in [6.45, 7) is 8.00. The largest absolute Gasteiger partial charge is 0.245 e. The summed E-state index contributed by atoms with van der Waals surface area (Å²) < 4.78 is 1.92. The van der Waals surface area contributed by atoms with Crippen molar-refractivity contribution in [3.8, 4) is 0 Å². The second-order valence-corrected chi connectivity index (χ2v) is 2.58. The van der Waals surface area contributed by atoms with Crippen LogP contribution in [0.5, 0.6) is 0 Å². The molecule has 0 unspecified atom stereocenters. The fourth-order valence-corrected chi connectivity index (χ4v) is 1.22. The zero-order valence-electron chi connectivity index (χ0n) is 10.3.